The van der Waals surface area contributed by atoms with E-state index in [4.69, 9.17) is 0 Å². The molecule has 4 aliphatic rings. The molecule has 4 heterocycles. The first-order chi connectivity index (χ1) is 11.5. The molecule has 146 valence electrons. The van der Waals surface area contributed by atoms with Gasteiger partial charge < -0.3 is 58.6 Å². The maximum Gasteiger partial charge on any atom is 0.347 e. The van der Waals surface area contributed by atoms with Crippen molar-refractivity contribution in [1.29, 1.82) is 0 Å². The first-order valence-corrected chi connectivity index (χ1v) is 7.87. The van der Waals surface area contributed by atoms with Crippen LogP contribution in [0.2, 0.25) is 0 Å². The summed E-state index contributed by atoms with van der Waals surface area (Å²) in [6.45, 7) is 1.35. The van der Waals surface area contributed by atoms with E-state index in [9.17, 15) is 9.59 Å². The van der Waals surface area contributed by atoms with Crippen LogP contribution in [0.25, 0.3) is 0 Å². The van der Waals surface area contributed by atoms with Gasteiger partial charge >= 0.3 is 24.0 Å². The number of carbonyl (C=O) groups excluding carboxylic acids is 2. The van der Waals surface area contributed by atoms with E-state index in [0.717, 1.165) is 11.9 Å². The number of carbonyl (C=O) groups is 2. The number of likely N-dealkylation sites (N-methyl/N-ethyl adjacent to an activating group) is 2. The van der Waals surface area contributed by atoms with Crippen LogP contribution in [0, 0.1) is 0 Å². The molecule has 0 aromatic rings. The van der Waals surface area contributed by atoms with E-state index in [1.54, 1.807) is 23.9 Å². The average molecular weight is 592 g/mol. The zero-order valence-electron chi connectivity index (χ0n) is 14.2. The van der Waals surface area contributed by atoms with Crippen LogP contribution >= 0.6 is 0 Å². The average Bonchev–Trinajstić information content (AvgIpc) is 3.24. The molecule has 4 unspecified atom stereocenters. The number of amides is 4. The van der Waals surface area contributed by atoms with Crippen LogP contribution < -0.4 is 89.8 Å². The van der Waals surface area contributed by atoms with Crippen molar-refractivity contribution in [2.45, 2.75) is 24.7 Å². The smallest absolute Gasteiger partial charge is 0.347 e. The number of guanidine groups is 2. The second-order valence-corrected chi connectivity index (χ2v) is 6.15. The minimum absolute atomic E-state index is 0. The van der Waals surface area contributed by atoms with Crippen LogP contribution in [0.3, 0.4) is 0 Å². The predicted molar refractivity (Wildman–Crippen MR) is 82.0 cm³/mol. The molecule has 0 spiro atoms. The Labute approximate surface area is 184 Å². The van der Waals surface area contributed by atoms with Crippen LogP contribution in [0.15, 0.2) is 0 Å². The molecule has 4 amide bonds. The minimum atomic E-state index is -0.121. The van der Waals surface area contributed by atoms with Gasteiger partial charge in [0.25, 0.3) is 0 Å². The molecule has 0 saturated carbocycles. The summed E-state index contributed by atoms with van der Waals surface area (Å²) in [6, 6.07) is -0.189. The van der Waals surface area contributed by atoms with Crippen LogP contribution in [0.4, 0.5) is 9.59 Å². The molecule has 4 fully saturated rings. The molecule has 4 rings (SSSR count). The van der Waals surface area contributed by atoms with Gasteiger partial charge in [0, 0.05) is 14.1 Å². The highest BCUT2D eigenvalue weighted by Gasteiger charge is 2.48. The van der Waals surface area contributed by atoms with Crippen molar-refractivity contribution in [2.75, 3.05) is 27.2 Å². The molecule has 0 aromatic heterocycles. The van der Waals surface area contributed by atoms with Gasteiger partial charge in [-0.3, -0.25) is 41.1 Å². The number of nitrogens with one attached hydrogen (secondary N) is 8. The molecule has 26 heavy (non-hydrogen) atoms. The van der Waals surface area contributed by atoms with E-state index in [0.29, 0.717) is 13.1 Å². The highest BCUT2D eigenvalue weighted by Crippen LogP contribution is 2.10. The lowest BCUT2D eigenvalue weighted by molar-refractivity contribution is -0.541. The Morgan fingerprint density at radius 3 is 1.46 bits per heavy atom. The fraction of sp³-hybridized carbons (Fsp3) is 0.667. The molecule has 14 heteroatoms. The van der Waals surface area contributed by atoms with E-state index in [1.165, 1.54) is 0 Å². The van der Waals surface area contributed by atoms with E-state index < -0.39 is 0 Å². The first kappa shape index (κ1) is 20.8. The predicted octanol–water partition coefficient (Wildman–Crippen LogP) is -13.1. The Morgan fingerprint density at radius 2 is 1.12 bits per heavy atom. The summed E-state index contributed by atoms with van der Waals surface area (Å²) in [5.74, 6) is 1.58. The SMILES string of the molecule is CN1C(=O)NC2NC(=[NH+]CC[NH+]=C3NC4NC(=O)N(C)C4N3)NC21.[I-].[I-]. The van der Waals surface area contributed by atoms with Crippen LogP contribution in [-0.2, 0) is 0 Å². The number of urea groups is 2. The van der Waals surface area contributed by atoms with E-state index in [1.807, 2.05) is 0 Å². The van der Waals surface area contributed by atoms with Crippen molar-refractivity contribution in [3.63, 3.8) is 0 Å². The highest BCUT2D eigenvalue weighted by atomic mass is 127. The monoisotopic (exact) mass is 592 g/mol. The van der Waals surface area contributed by atoms with Gasteiger partial charge in [-0.15, -0.1) is 0 Å². The van der Waals surface area contributed by atoms with E-state index >= 15 is 0 Å². The summed E-state index contributed by atoms with van der Waals surface area (Å²) < 4.78 is 0. The second kappa shape index (κ2) is 8.05. The summed E-state index contributed by atoms with van der Waals surface area (Å²) in [5.41, 5.74) is 0. The van der Waals surface area contributed by atoms with E-state index in [-0.39, 0.29) is 84.7 Å². The van der Waals surface area contributed by atoms with Crippen molar-refractivity contribution in [1.82, 2.24) is 41.7 Å². The minimum Gasteiger partial charge on any atom is -1.00 e. The molecular weight excluding hydrogens is 570 g/mol. The summed E-state index contributed by atoms with van der Waals surface area (Å²) in [6.07, 6.45) is -0.411. The highest BCUT2D eigenvalue weighted by molar-refractivity contribution is 5.85. The topological polar surface area (TPSA) is 141 Å². The number of fused-ring (bicyclic) bond motifs is 2. The number of halogens is 2. The van der Waals surface area contributed by atoms with Gasteiger partial charge in [-0.25, -0.2) is 9.59 Å². The molecule has 0 aliphatic carbocycles. The number of nitrogens with zero attached hydrogens (tertiary/aromatic N) is 2. The van der Waals surface area contributed by atoms with E-state index in [2.05, 4.69) is 41.9 Å². The Bertz CT molecular complexity index is 590. The molecule has 0 aromatic carbocycles. The van der Waals surface area contributed by atoms with Crippen LogP contribution in [0.5, 0.6) is 0 Å². The molecule has 8 N–H and O–H groups in total. The molecule has 4 atom stereocenters. The zero-order chi connectivity index (χ0) is 16.8. The third-order valence-electron chi connectivity index (χ3n) is 4.58. The van der Waals surface area contributed by atoms with Gasteiger partial charge in [0.15, 0.2) is 0 Å². The molecule has 4 saturated heterocycles. The van der Waals surface area contributed by atoms with Gasteiger partial charge in [0.05, 0.1) is 13.1 Å². The number of rotatable bonds is 3. The standard InChI is InChI=1S/C12H20N10O2.2HI/c1-21-7-5(17-11(21)23)15-9(19-7)13-3-4-14-10-16-6-8(20-10)22(2)12(24)18-6;;/h5-8H,3-4H2,1-2H3,(H,17,23)(H,18,24)(H2,13,15,19)(H2,14,16,20);2*1H. The maximum absolute atomic E-state index is 11.5. The van der Waals surface area contributed by atoms with Gasteiger partial charge in [0.1, 0.15) is 0 Å². The Morgan fingerprint density at radius 1 is 0.731 bits per heavy atom. The first-order valence-electron chi connectivity index (χ1n) is 7.87. The second-order valence-electron chi connectivity index (χ2n) is 6.15. The quantitative estimate of drug-likeness (QED) is 0.121. The lowest BCUT2D eigenvalue weighted by Crippen LogP contribution is -3.00. The fourth-order valence-corrected chi connectivity index (χ4v) is 3.19. The molecule has 4 aliphatic heterocycles. The molecule has 0 radical (unpaired) electrons. The lowest BCUT2D eigenvalue weighted by atomic mass is 10.4. The van der Waals surface area contributed by atoms with Crippen molar-refractivity contribution < 1.29 is 67.5 Å². The largest absolute Gasteiger partial charge is 1.00 e. The summed E-state index contributed by atoms with van der Waals surface area (Å²) in [5, 5.41) is 18.5. The summed E-state index contributed by atoms with van der Waals surface area (Å²) >= 11 is 0. The van der Waals surface area contributed by atoms with Crippen molar-refractivity contribution in [2.24, 2.45) is 0 Å². The maximum atomic E-state index is 11.5. The van der Waals surface area contributed by atoms with Crippen molar-refractivity contribution in [3.05, 3.63) is 0 Å². The third-order valence-corrected chi connectivity index (χ3v) is 4.58. The number of hydrogen-bond acceptors (Lipinski definition) is 2. The normalized spacial score (nSPS) is 33.9. The molecule has 0 bridgehead atoms. The molecular formula is C12H22I2N10O2. The summed E-state index contributed by atoms with van der Waals surface area (Å²) in [7, 11) is 3.50. The molecule has 12 nitrogen and oxygen atoms in total. The Kier molecular flexibility index (Phi) is 6.46. The van der Waals surface area contributed by atoms with Crippen molar-refractivity contribution >= 4 is 24.0 Å². The van der Waals surface area contributed by atoms with Crippen LogP contribution in [-0.4, -0.2) is 85.6 Å². The van der Waals surface area contributed by atoms with Gasteiger partial charge in [-0.2, -0.15) is 0 Å². The lowest BCUT2D eigenvalue weighted by Gasteiger charge is -2.11. The Balaban J connectivity index is 0.00000121. The third kappa shape index (κ3) is 3.65. The van der Waals surface area contributed by atoms with Gasteiger partial charge in [-0.05, 0) is 0 Å². The Hall–Kier alpha value is -1.46. The van der Waals surface area contributed by atoms with Crippen molar-refractivity contribution in [3.8, 4) is 0 Å². The summed E-state index contributed by atoms with van der Waals surface area (Å²) in [4.78, 5) is 32.7. The van der Waals surface area contributed by atoms with Gasteiger partial charge in [0.2, 0.25) is 24.7 Å². The fourth-order valence-electron chi connectivity index (χ4n) is 3.19. The van der Waals surface area contributed by atoms with Gasteiger partial charge in [-0.1, -0.05) is 0 Å². The zero-order valence-corrected chi connectivity index (χ0v) is 18.5. The van der Waals surface area contributed by atoms with Crippen LogP contribution in [0.1, 0.15) is 0 Å². The number of hydrogen-bond donors (Lipinski definition) is 8.